The SMILES string of the molecule is N#Cc1ccc(NC(=O)C2(c3ccc(N)cc3)CC2)cc1. The van der Waals surface area contributed by atoms with E-state index in [1.807, 2.05) is 24.3 Å². The Hall–Kier alpha value is -2.80. The minimum atomic E-state index is -0.429. The largest absolute Gasteiger partial charge is 0.399 e. The van der Waals surface area contributed by atoms with E-state index in [0.717, 1.165) is 18.4 Å². The van der Waals surface area contributed by atoms with Crippen LogP contribution in [0.25, 0.3) is 0 Å². The molecule has 0 radical (unpaired) electrons. The van der Waals surface area contributed by atoms with E-state index in [0.29, 0.717) is 16.9 Å². The van der Waals surface area contributed by atoms with Crippen molar-refractivity contribution in [3.63, 3.8) is 0 Å². The molecular formula is C17H15N3O. The van der Waals surface area contributed by atoms with Crippen LogP contribution >= 0.6 is 0 Å². The molecule has 0 atom stereocenters. The summed E-state index contributed by atoms with van der Waals surface area (Å²) >= 11 is 0. The maximum Gasteiger partial charge on any atom is 0.235 e. The van der Waals surface area contributed by atoms with Crippen LogP contribution in [0.1, 0.15) is 24.0 Å². The van der Waals surface area contributed by atoms with Gasteiger partial charge in [-0.25, -0.2) is 0 Å². The second kappa shape index (κ2) is 4.95. The molecule has 0 spiro atoms. The van der Waals surface area contributed by atoms with Crippen LogP contribution < -0.4 is 11.1 Å². The van der Waals surface area contributed by atoms with E-state index >= 15 is 0 Å². The predicted molar refractivity (Wildman–Crippen MR) is 81.6 cm³/mol. The quantitative estimate of drug-likeness (QED) is 0.847. The lowest BCUT2D eigenvalue weighted by molar-refractivity contribution is -0.118. The van der Waals surface area contributed by atoms with Gasteiger partial charge in [0.05, 0.1) is 17.0 Å². The summed E-state index contributed by atoms with van der Waals surface area (Å²) in [6.45, 7) is 0. The standard InChI is InChI=1S/C17H15N3O/c18-11-12-1-7-15(8-2-12)20-16(21)17(9-10-17)13-3-5-14(19)6-4-13/h1-8H,9-10,19H2,(H,20,21). The number of hydrogen-bond donors (Lipinski definition) is 2. The van der Waals surface area contributed by atoms with Crippen molar-refractivity contribution in [1.29, 1.82) is 5.26 Å². The molecule has 0 saturated heterocycles. The van der Waals surface area contributed by atoms with Crippen molar-refractivity contribution >= 4 is 17.3 Å². The van der Waals surface area contributed by atoms with Gasteiger partial charge in [-0.05, 0) is 54.8 Å². The predicted octanol–water partition coefficient (Wildman–Crippen LogP) is 2.81. The van der Waals surface area contributed by atoms with Gasteiger partial charge < -0.3 is 11.1 Å². The van der Waals surface area contributed by atoms with Crippen LogP contribution in [0, 0.1) is 11.3 Å². The topological polar surface area (TPSA) is 78.9 Å². The van der Waals surface area contributed by atoms with Crippen LogP contribution in [0.4, 0.5) is 11.4 Å². The molecule has 3 N–H and O–H groups in total. The molecule has 0 aromatic heterocycles. The molecule has 1 aliphatic carbocycles. The number of nitriles is 1. The fourth-order valence-corrected chi connectivity index (χ4v) is 2.45. The number of nitrogens with zero attached hydrogens (tertiary/aromatic N) is 1. The first-order valence-electron chi connectivity index (χ1n) is 6.82. The lowest BCUT2D eigenvalue weighted by atomic mass is 9.94. The van der Waals surface area contributed by atoms with E-state index in [1.165, 1.54) is 0 Å². The van der Waals surface area contributed by atoms with Crippen molar-refractivity contribution in [2.24, 2.45) is 0 Å². The molecule has 1 amide bonds. The number of carbonyl (C=O) groups is 1. The Morgan fingerprint density at radius 1 is 1.10 bits per heavy atom. The van der Waals surface area contributed by atoms with Crippen molar-refractivity contribution in [3.8, 4) is 6.07 Å². The van der Waals surface area contributed by atoms with E-state index < -0.39 is 5.41 Å². The van der Waals surface area contributed by atoms with Gasteiger partial charge in [-0.15, -0.1) is 0 Å². The summed E-state index contributed by atoms with van der Waals surface area (Å²) in [7, 11) is 0. The Kier molecular flexibility index (Phi) is 3.11. The van der Waals surface area contributed by atoms with Crippen molar-refractivity contribution < 1.29 is 4.79 Å². The highest BCUT2D eigenvalue weighted by molar-refractivity contribution is 6.01. The molecule has 4 nitrogen and oxygen atoms in total. The van der Waals surface area contributed by atoms with Gasteiger partial charge in [-0.2, -0.15) is 5.26 Å². The normalized spacial score (nSPS) is 15.0. The third kappa shape index (κ3) is 2.46. The van der Waals surface area contributed by atoms with Crippen LogP contribution in [0.2, 0.25) is 0 Å². The molecule has 1 fully saturated rings. The summed E-state index contributed by atoms with van der Waals surface area (Å²) < 4.78 is 0. The van der Waals surface area contributed by atoms with E-state index in [-0.39, 0.29) is 5.91 Å². The fourth-order valence-electron chi connectivity index (χ4n) is 2.45. The van der Waals surface area contributed by atoms with E-state index in [1.54, 1.807) is 24.3 Å². The number of anilines is 2. The lowest BCUT2D eigenvalue weighted by Gasteiger charge is -2.16. The molecule has 0 aliphatic heterocycles. The number of rotatable bonds is 3. The average molecular weight is 277 g/mol. The number of amides is 1. The van der Waals surface area contributed by atoms with Gasteiger partial charge >= 0.3 is 0 Å². The molecule has 2 aromatic rings. The maximum absolute atomic E-state index is 12.5. The first-order chi connectivity index (χ1) is 10.1. The molecular weight excluding hydrogens is 262 g/mol. The highest BCUT2D eigenvalue weighted by Crippen LogP contribution is 2.49. The lowest BCUT2D eigenvalue weighted by Crippen LogP contribution is -2.27. The highest BCUT2D eigenvalue weighted by Gasteiger charge is 2.51. The summed E-state index contributed by atoms with van der Waals surface area (Å²) in [5.41, 5.74) is 8.25. The number of nitrogens with two attached hydrogens (primary N) is 1. The molecule has 1 aliphatic rings. The van der Waals surface area contributed by atoms with Crippen molar-refractivity contribution in [2.75, 3.05) is 11.1 Å². The number of nitrogens with one attached hydrogen (secondary N) is 1. The smallest absolute Gasteiger partial charge is 0.235 e. The van der Waals surface area contributed by atoms with Gasteiger partial charge in [0.15, 0.2) is 0 Å². The Morgan fingerprint density at radius 2 is 1.71 bits per heavy atom. The van der Waals surface area contributed by atoms with Gasteiger partial charge in [0.2, 0.25) is 5.91 Å². The van der Waals surface area contributed by atoms with E-state index in [4.69, 9.17) is 11.0 Å². The summed E-state index contributed by atoms with van der Waals surface area (Å²) in [5, 5.41) is 11.7. The maximum atomic E-state index is 12.5. The zero-order chi connectivity index (χ0) is 14.9. The summed E-state index contributed by atoms with van der Waals surface area (Å²) in [6, 6.07) is 16.4. The Morgan fingerprint density at radius 3 is 2.24 bits per heavy atom. The zero-order valence-corrected chi connectivity index (χ0v) is 11.5. The van der Waals surface area contributed by atoms with Gasteiger partial charge in [0.25, 0.3) is 0 Å². The molecule has 21 heavy (non-hydrogen) atoms. The van der Waals surface area contributed by atoms with E-state index in [2.05, 4.69) is 11.4 Å². The first-order valence-corrected chi connectivity index (χ1v) is 6.82. The van der Waals surface area contributed by atoms with Gasteiger partial charge in [-0.3, -0.25) is 4.79 Å². The van der Waals surface area contributed by atoms with Crippen molar-refractivity contribution in [3.05, 3.63) is 59.7 Å². The minimum Gasteiger partial charge on any atom is -0.399 e. The molecule has 1 saturated carbocycles. The van der Waals surface area contributed by atoms with Crippen molar-refractivity contribution in [2.45, 2.75) is 18.3 Å². The van der Waals surface area contributed by atoms with E-state index in [9.17, 15) is 4.79 Å². The van der Waals surface area contributed by atoms with Crippen molar-refractivity contribution in [1.82, 2.24) is 0 Å². The second-order valence-corrected chi connectivity index (χ2v) is 5.35. The molecule has 0 bridgehead atoms. The van der Waals surface area contributed by atoms with Crippen LogP contribution in [0.3, 0.4) is 0 Å². The van der Waals surface area contributed by atoms with Gasteiger partial charge in [-0.1, -0.05) is 12.1 Å². The Balaban J connectivity index is 1.78. The molecule has 2 aromatic carbocycles. The van der Waals surface area contributed by atoms with Crippen LogP contribution in [0.5, 0.6) is 0 Å². The first kappa shape index (κ1) is 13.2. The molecule has 0 heterocycles. The van der Waals surface area contributed by atoms with Crippen LogP contribution in [-0.4, -0.2) is 5.91 Å². The Bertz CT molecular complexity index is 707. The van der Waals surface area contributed by atoms with Gasteiger partial charge in [0, 0.05) is 11.4 Å². The molecule has 4 heteroatoms. The monoisotopic (exact) mass is 277 g/mol. The minimum absolute atomic E-state index is 0.00280. The Labute approximate surface area is 123 Å². The number of hydrogen-bond acceptors (Lipinski definition) is 3. The number of nitrogen functional groups attached to an aromatic ring is 1. The summed E-state index contributed by atoms with van der Waals surface area (Å²) in [6.07, 6.45) is 1.69. The number of benzene rings is 2. The van der Waals surface area contributed by atoms with Crippen LogP contribution in [0.15, 0.2) is 48.5 Å². The highest BCUT2D eigenvalue weighted by atomic mass is 16.2. The fraction of sp³-hybridized carbons (Fsp3) is 0.176. The molecule has 0 unspecified atom stereocenters. The van der Waals surface area contributed by atoms with Gasteiger partial charge in [0.1, 0.15) is 0 Å². The number of carbonyl (C=O) groups excluding carboxylic acids is 1. The summed E-state index contributed by atoms with van der Waals surface area (Å²) in [5.74, 6) is -0.00280. The summed E-state index contributed by atoms with van der Waals surface area (Å²) in [4.78, 5) is 12.5. The zero-order valence-electron chi connectivity index (χ0n) is 11.5. The third-order valence-electron chi connectivity index (χ3n) is 3.92. The second-order valence-electron chi connectivity index (χ2n) is 5.35. The third-order valence-corrected chi connectivity index (χ3v) is 3.92. The average Bonchev–Trinajstić information content (AvgIpc) is 3.30. The molecule has 3 rings (SSSR count). The molecule has 104 valence electrons. The van der Waals surface area contributed by atoms with Crippen LogP contribution in [-0.2, 0) is 10.2 Å².